The van der Waals surface area contributed by atoms with Gasteiger partial charge >= 0.3 is 0 Å². The molecular weight excluding hydrogens is 242 g/mol. The highest BCUT2D eigenvalue weighted by molar-refractivity contribution is 6.27. The van der Waals surface area contributed by atoms with Crippen LogP contribution < -0.4 is 4.90 Å². The van der Waals surface area contributed by atoms with Crippen molar-refractivity contribution in [2.75, 3.05) is 11.4 Å². The van der Waals surface area contributed by atoms with Crippen LogP contribution in [0.25, 0.3) is 0 Å². The van der Waals surface area contributed by atoms with E-state index in [4.69, 9.17) is 0 Å². The van der Waals surface area contributed by atoms with E-state index in [1.165, 1.54) is 4.90 Å². The van der Waals surface area contributed by atoms with Crippen LogP contribution >= 0.6 is 0 Å². The molecular formula is C15H19NO3. The van der Waals surface area contributed by atoms with Crippen molar-refractivity contribution >= 4 is 17.4 Å². The summed E-state index contributed by atoms with van der Waals surface area (Å²) in [6.45, 7) is 4.24. The molecule has 1 aliphatic heterocycles. The van der Waals surface area contributed by atoms with E-state index < -0.39 is 17.3 Å². The van der Waals surface area contributed by atoms with E-state index in [0.717, 1.165) is 6.42 Å². The molecule has 0 radical (unpaired) electrons. The molecule has 4 heteroatoms. The number of carbonyl (C=O) groups excluding carboxylic acids is 2. The molecule has 1 N–H and O–H groups in total. The monoisotopic (exact) mass is 261 g/mol. The van der Waals surface area contributed by atoms with Gasteiger partial charge in [0.15, 0.2) is 0 Å². The van der Waals surface area contributed by atoms with Crippen molar-refractivity contribution < 1.29 is 14.7 Å². The van der Waals surface area contributed by atoms with Gasteiger partial charge in [0.2, 0.25) is 11.4 Å². The van der Waals surface area contributed by atoms with Gasteiger partial charge in [-0.2, -0.15) is 0 Å². The molecule has 1 unspecified atom stereocenters. The Kier molecular flexibility index (Phi) is 3.71. The first kappa shape index (κ1) is 13.7. The molecule has 0 saturated carbocycles. The predicted octanol–water partition coefficient (Wildman–Crippen LogP) is 2.16. The van der Waals surface area contributed by atoms with E-state index in [0.29, 0.717) is 24.2 Å². The highest BCUT2D eigenvalue weighted by Gasteiger charge is 2.50. The number of ketones is 1. The van der Waals surface area contributed by atoms with Crippen molar-refractivity contribution in [3.63, 3.8) is 0 Å². The number of carbonyl (C=O) groups is 2. The molecule has 1 amide bonds. The van der Waals surface area contributed by atoms with Gasteiger partial charge in [-0.15, -0.1) is 0 Å². The van der Waals surface area contributed by atoms with Gasteiger partial charge in [-0.25, -0.2) is 0 Å². The van der Waals surface area contributed by atoms with E-state index in [2.05, 4.69) is 0 Å². The molecule has 0 fully saturated rings. The minimum Gasteiger partial charge on any atom is -0.373 e. The van der Waals surface area contributed by atoms with Gasteiger partial charge in [-0.3, -0.25) is 9.59 Å². The molecule has 0 spiro atoms. The number of hydrogen-bond acceptors (Lipinski definition) is 3. The maximum atomic E-state index is 12.4. The molecule has 1 heterocycles. The second kappa shape index (κ2) is 5.13. The lowest BCUT2D eigenvalue weighted by molar-refractivity contribution is -0.133. The zero-order chi connectivity index (χ0) is 14.0. The molecule has 19 heavy (non-hydrogen) atoms. The second-order valence-electron chi connectivity index (χ2n) is 4.86. The number of fused-ring (bicyclic) bond motifs is 1. The molecule has 4 nitrogen and oxygen atoms in total. The summed E-state index contributed by atoms with van der Waals surface area (Å²) in [7, 11) is 0. The Balaban J connectivity index is 2.51. The third kappa shape index (κ3) is 2.06. The summed E-state index contributed by atoms with van der Waals surface area (Å²) < 4.78 is 0. The molecule has 0 saturated heterocycles. The summed E-state index contributed by atoms with van der Waals surface area (Å²) in [5, 5.41) is 10.5. The first-order valence-electron chi connectivity index (χ1n) is 6.74. The first-order chi connectivity index (χ1) is 9.06. The summed E-state index contributed by atoms with van der Waals surface area (Å²) in [6, 6.07) is 6.96. The summed E-state index contributed by atoms with van der Waals surface area (Å²) in [4.78, 5) is 26.3. The molecule has 2 rings (SSSR count). The fraction of sp³-hybridized carbons (Fsp3) is 0.467. The molecule has 0 bridgehead atoms. The number of para-hydroxylation sites is 1. The van der Waals surface area contributed by atoms with Crippen LogP contribution in [0.3, 0.4) is 0 Å². The molecule has 1 atom stereocenters. The first-order valence-corrected chi connectivity index (χ1v) is 6.74. The predicted molar refractivity (Wildman–Crippen MR) is 73.3 cm³/mol. The molecule has 0 aliphatic carbocycles. The van der Waals surface area contributed by atoms with Gasteiger partial charge in [0.1, 0.15) is 0 Å². The normalized spacial score (nSPS) is 22.6. The fourth-order valence-electron chi connectivity index (χ4n) is 2.52. The zero-order valence-electron chi connectivity index (χ0n) is 11.3. The molecule has 1 aromatic rings. The lowest BCUT2D eigenvalue weighted by Crippen LogP contribution is -2.58. The number of hydrogen-bond donors (Lipinski definition) is 1. The Morgan fingerprint density at radius 2 is 1.89 bits per heavy atom. The number of anilines is 1. The van der Waals surface area contributed by atoms with Crippen LogP contribution in [0, 0.1) is 0 Å². The number of amides is 1. The maximum absolute atomic E-state index is 12.4. The Morgan fingerprint density at radius 3 is 2.53 bits per heavy atom. The quantitative estimate of drug-likeness (QED) is 0.845. The highest BCUT2D eigenvalue weighted by atomic mass is 16.3. The lowest BCUT2D eigenvalue weighted by Gasteiger charge is -2.37. The number of nitrogens with zero attached hydrogens (tertiary/aromatic N) is 1. The Labute approximate surface area is 113 Å². The maximum Gasteiger partial charge on any atom is 0.267 e. The topological polar surface area (TPSA) is 57.6 Å². The van der Waals surface area contributed by atoms with Crippen LogP contribution in [0.2, 0.25) is 0 Å². The van der Waals surface area contributed by atoms with Crippen molar-refractivity contribution in [2.24, 2.45) is 0 Å². The van der Waals surface area contributed by atoms with Crippen LogP contribution in [0.1, 0.15) is 43.5 Å². The van der Waals surface area contributed by atoms with E-state index in [-0.39, 0.29) is 6.42 Å². The van der Waals surface area contributed by atoms with E-state index in [1.807, 2.05) is 13.8 Å². The zero-order valence-corrected chi connectivity index (χ0v) is 11.3. The van der Waals surface area contributed by atoms with Gasteiger partial charge in [-0.1, -0.05) is 25.5 Å². The number of likely N-dealkylation sites (N-methyl/N-ethyl adjacent to an activating group) is 1. The average Bonchev–Trinajstić information content (AvgIpc) is 2.44. The van der Waals surface area contributed by atoms with Crippen LogP contribution in [0.15, 0.2) is 24.3 Å². The summed E-state index contributed by atoms with van der Waals surface area (Å²) in [6.07, 6.45) is 1.66. The highest BCUT2D eigenvalue weighted by Crippen LogP contribution is 2.35. The Bertz CT molecular complexity index is 512. The van der Waals surface area contributed by atoms with E-state index in [1.54, 1.807) is 24.3 Å². The second-order valence-corrected chi connectivity index (χ2v) is 4.86. The summed E-state index contributed by atoms with van der Waals surface area (Å²) in [5.74, 6) is -0.960. The lowest BCUT2D eigenvalue weighted by atomic mass is 9.82. The number of rotatable bonds is 4. The molecule has 1 aliphatic rings. The van der Waals surface area contributed by atoms with Crippen LogP contribution in [-0.2, 0) is 4.79 Å². The van der Waals surface area contributed by atoms with Crippen molar-refractivity contribution in [3.8, 4) is 0 Å². The Hall–Kier alpha value is -1.68. The Morgan fingerprint density at radius 1 is 1.21 bits per heavy atom. The van der Waals surface area contributed by atoms with Gasteiger partial charge < -0.3 is 10.0 Å². The standard InChI is InChI=1S/C15H19NO3/c1-3-5-10-15(19)13(17)11-8-6-7-9-12(11)16(4-2)14(15)18/h6-9,19H,3-5,10H2,1-2H3. The average molecular weight is 261 g/mol. The number of Topliss-reactive ketones (excluding diaryl/α,β-unsaturated/α-hetero) is 1. The number of benzene rings is 1. The smallest absolute Gasteiger partial charge is 0.267 e. The van der Waals surface area contributed by atoms with E-state index in [9.17, 15) is 14.7 Å². The molecule has 1 aromatic carbocycles. The van der Waals surface area contributed by atoms with Gasteiger partial charge in [0.25, 0.3) is 5.91 Å². The SMILES string of the molecule is CCCCC1(O)C(=O)c2ccccc2N(CC)C1=O. The van der Waals surface area contributed by atoms with Crippen LogP contribution in [-0.4, -0.2) is 28.9 Å². The van der Waals surface area contributed by atoms with E-state index >= 15 is 0 Å². The molecule has 102 valence electrons. The largest absolute Gasteiger partial charge is 0.373 e. The van der Waals surface area contributed by atoms with Crippen molar-refractivity contribution in [1.29, 1.82) is 0 Å². The van der Waals surface area contributed by atoms with Crippen LogP contribution in [0.4, 0.5) is 5.69 Å². The van der Waals surface area contributed by atoms with Gasteiger partial charge in [0.05, 0.1) is 5.69 Å². The minimum absolute atomic E-state index is 0.187. The number of aliphatic hydroxyl groups is 1. The van der Waals surface area contributed by atoms with Gasteiger partial charge in [0, 0.05) is 12.1 Å². The van der Waals surface area contributed by atoms with Crippen molar-refractivity contribution in [1.82, 2.24) is 0 Å². The van der Waals surface area contributed by atoms with Crippen LogP contribution in [0.5, 0.6) is 0 Å². The number of unbranched alkanes of at least 4 members (excludes halogenated alkanes) is 1. The minimum atomic E-state index is -1.89. The third-order valence-electron chi connectivity index (χ3n) is 3.62. The van der Waals surface area contributed by atoms with Crippen molar-refractivity contribution in [2.45, 2.75) is 38.7 Å². The third-order valence-corrected chi connectivity index (χ3v) is 3.62. The summed E-state index contributed by atoms with van der Waals surface area (Å²) >= 11 is 0. The fourth-order valence-corrected chi connectivity index (χ4v) is 2.52. The van der Waals surface area contributed by atoms with Gasteiger partial charge in [-0.05, 0) is 31.9 Å². The molecule has 0 aromatic heterocycles. The van der Waals surface area contributed by atoms with Crippen molar-refractivity contribution in [3.05, 3.63) is 29.8 Å². The summed E-state index contributed by atoms with van der Waals surface area (Å²) in [5.41, 5.74) is -0.857.